The van der Waals surface area contributed by atoms with Gasteiger partial charge in [-0.3, -0.25) is 0 Å². The number of aryl methyl sites for hydroxylation is 2. The smallest absolute Gasteiger partial charge is 0.129 e. The molecule has 0 fully saturated rings. The lowest BCUT2D eigenvalue weighted by Crippen LogP contribution is -2.17. The van der Waals surface area contributed by atoms with E-state index in [1.54, 1.807) is 0 Å². The van der Waals surface area contributed by atoms with Gasteiger partial charge in [-0.15, -0.1) is 0 Å². The normalized spacial score (nSPS) is 12.6. The molecule has 1 nitrogen and oxygen atoms in total. The second kappa shape index (κ2) is 9.94. The predicted molar refractivity (Wildman–Crippen MR) is 90.3 cm³/mol. The largest absolute Gasteiger partial charge is 0.313 e. The van der Waals surface area contributed by atoms with Crippen LogP contribution in [0.25, 0.3) is 0 Å². The minimum absolute atomic E-state index is 0.0653. The van der Waals surface area contributed by atoms with E-state index in [1.165, 1.54) is 50.5 Å². The summed E-state index contributed by atoms with van der Waals surface area (Å²) in [4.78, 5) is 0. The highest BCUT2D eigenvalue weighted by Gasteiger charge is 2.12. The summed E-state index contributed by atoms with van der Waals surface area (Å²) in [5, 5.41) is 3.38. The van der Waals surface area contributed by atoms with E-state index in [0.717, 1.165) is 17.5 Å². The van der Waals surface area contributed by atoms with Crippen molar-refractivity contribution in [2.24, 2.45) is 0 Å². The van der Waals surface area contributed by atoms with Crippen molar-refractivity contribution in [1.82, 2.24) is 5.32 Å². The number of hydrogen-bond donors (Lipinski definition) is 1. The Balaban J connectivity index is 2.41. The number of unbranched alkanes of at least 4 members (excludes halogenated alkanes) is 6. The number of halogens is 1. The molecule has 0 aliphatic heterocycles. The molecule has 2 heteroatoms. The van der Waals surface area contributed by atoms with Gasteiger partial charge >= 0.3 is 0 Å². The summed E-state index contributed by atoms with van der Waals surface area (Å²) in [6.07, 6.45) is 10.5. The molecule has 0 heterocycles. The van der Waals surface area contributed by atoms with E-state index < -0.39 is 0 Å². The molecular weight excluding hydrogens is 261 g/mol. The molecule has 1 atom stereocenters. The molecule has 0 aliphatic rings. The van der Waals surface area contributed by atoms with Crippen LogP contribution in [0.1, 0.15) is 81.0 Å². The summed E-state index contributed by atoms with van der Waals surface area (Å²) >= 11 is 0. The van der Waals surface area contributed by atoms with Gasteiger partial charge in [0, 0.05) is 6.04 Å². The van der Waals surface area contributed by atoms with Crippen LogP contribution < -0.4 is 5.32 Å². The Kier molecular flexibility index (Phi) is 8.60. The molecule has 0 aromatic heterocycles. The first-order valence-corrected chi connectivity index (χ1v) is 8.54. The quantitative estimate of drug-likeness (QED) is 0.534. The maximum absolute atomic E-state index is 13.7. The van der Waals surface area contributed by atoms with Crippen molar-refractivity contribution < 1.29 is 4.39 Å². The fourth-order valence-corrected chi connectivity index (χ4v) is 2.96. The monoisotopic (exact) mass is 293 g/mol. The minimum atomic E-state index is -0.0653. The van der Waals surface area contributed by atoms with Crippen LogP contribution in [0.2, 0.25) is 0 Å². The van der Waals surface area contributed by atoms with Crippen molar-refractivity contribution in [3.8, 4) is 0 Å². The van der Waals surface area contributed by atoms with Crippen LogP contribution in [0.3, 0.4) is 0 Å². The highest BCUT2D eigenvalue weighted by molar-refractivity contribution is 5.32. The highest BCUT2D eigenvalue weighted by Crippen LogP contribution is 2.24. The fourth-order valence-electron chi connectivity index (χ4n) is 2.96. The van der Waals surface area contributed by atoms with Gasteiger partial charge in [0.25, 0.3) is 0 Å². The number of nitrogens with one attached hydrogen (secondary N) is 1. The van der Waals surface area contributed by atoms with E-state index in [9.17, 15) is 4.39 Å². The van der Waals surface area contributed by atoms with Crippen LogP contribution in [-0.4, -0.2) is 7.05 Å². The van der Waals surface area contributed by atoms with Crippen molar-refractivity contribution in [2.45, 2.75) is 78.2 Å². The summed E-state index contributed by atoms with van der Waals surface area (Å²) < 4.78 is 13.7. The first-order chi connectivity index (χ1) is 10.1. The fraction of sp³-hybridized carbons (Fsp3) is 0.684. The number of rotatable bonds is 10. The Morgan fingerprint density at radius 3 is 2.00 bits per heavy atom. The molecule has 120 valence electrons. The standard InChI is InChI=1S/C19H32FN/c1-5-6-7-8-9-10-11-12-18(21-4)17-13-15(2)19(20)16(3)14-17/h13-14,18,21H,5-12H2,1-4H3. The molecule has 1 aromatic carbocycles. The van der Waals surface area contributed by atoms with Crippen LogP contribution in [0.5, 0.6) is 0 Å². The Bertz CT molecular complexity index is 391. The van der Waals surface area contributed by atoms with Crippen LogP contribution in [-0.2, 0) is 0 Å². The van der Waals surface area contributed by atoms with Crippen molar-refractivity contribution in [2.75, 3.05) is 7.05 Å². The molecule has 0 radical (unpaired) electrons. The Hall–Kier alpha value is -0.890. The van der Waals surface area contributed by atoms with Crippen LogP contribution in [0.4, 0.5) is 4.39 Å². The third-order valence-corrected chi connectivity index (χ3v) is 4.31. The Labute approximate surface area is 130 Å². The molecule has 0 amide bonds. The molecule has 0 bridgehead atoms. The first kappa shape index (κ1) is 18.2. The average Bonchev–Trinajstić information content (AvgIpc) is 2.47. The summed E-state index contributed by atoms with van der Waals surface area (Å²) in [7, 11) is 2.00. The predicted octanol–water partition coefficient (Wildman–Crippen LogP) is 5.84. The molecular formula is C19H32FN. The first-order valence-electron chi connectivity index (χ1n) is 8.54. The molecule has 21 heavy (non-hydrogen) atoms. The summed E-state index contributed by atoms with van der Waals surface area (Å²) in [6, 6.07) is 4.33. The van der Waals surface area contributed by atoms with Gasteiger partial charge in [0.2, 0.25) is 0 Å². The molecule has 1 aromatic rings. The second-order valence-electron chi connectivity index (χ2n) is 6.22. The Morgan fingerprint density at radius 1 is 0.952 bits per heavy atom. The van der Waals surface area contributed by atoms with Gasteiger partial charge in [-0.25, -0.2) is 4.39 Å². The van der Waals surface area contributed by atoms with Gasteiger partial charge in [-0.05, 0) is 44.0 Å². The van der Waals surface area contributed by atoms with E-state index in [4.69, 9.17) is 0 Å². The van der Waals surface area contributed by atoms with Crippen LogP contribution in [0, 0.1) is 19.7 Å². The van der Waals surface area contributed by atoms with E-state index in [1.807, 2.05) is 33.0 Å². The van der Waals surface area contributed by atoms with Gasteiger partial charge in [0.05, 0.1) is 0 Å². The third-order valence-electron chi connectivity index (χ3n) is 4.31. The summed E-state index contributed by atoms with van der Waals surface area (Å²) in [5.41, 5.74) is 2.73. The van der Waals surface area contributed by atoms with Gasteiger partial charge in [-0.1, -0.05) is 64.0 Å². The molecule has 1 rings (SSSR count). The van der Waals surface area contributed by atoms with Gasteiger partial charge < -0.3 is 5.32 Å². The van der Waals surface area contributed by atoms with Crippen molar-refractivity contribution in [3.63, 3.8) is 0 Å². The maximum Gasteiger partial charge on any atom is 0.129 e. The third kappa shape index (κ3) is 6.17. The van der Waals surface area contributed by atoms with E-state index >= 15 is 0 Å². The zero-order valence-corrected chi connectivity index (χ0v) is 14.3. The van der Waals surface area contributed by atoms with Crippen molar-refractivity contribution in [1.29, 1.82) is 0 Å². The molecule has 0 aliphatic carbocycles. The number of hydrogen-bond acceptors (Lipinski definition) is 1. The summed E-state index contributed by atoms with van der Waals surface area (Å²) in [5.74, 6) is -0.0653. The Morgan fingerprint density at radius 2 is 1.48 bits per heavy atom. The van der Waals surface area contributed by atoms with Gasteiger partial charge in [-0.2, -0.15) is 0 Å². The lowest BCUT2D eigenvalue weighted by Gasteiger charge is -2.18. The van der Waals surface area contributed by atoms with Crippen LogP contribution >= 0.6 is 0 Å². The molecule has 0 spiro atoms. The van der Waals surface area contributed by atoms with Crippen molar-refractivity contribution >= 4 is 0 Å². The lowest BCUT2D eigenvalue weighted by molar-refractivity contribution is 0.494. The lowest BCUT2D eigenvalue weighted by atomic mass is 9.96. The number of benzene rings is 1. The molecule has 1 N–H and O–H groups in total. The van der Waals surface area contributed by atoms with E-state index in [0.29, 0.717) is 6.04 Å². The maximum atomic E-state index is 13.7. The summed E-state index contributed by atoms with van der Waals surface area (Å²) in [6.45, 7) is 5.96. The topological polar surface area (TPSA) is 12.0 Å². The molecule has 1 unspecified atom stereocenters. The van der Waals surface area contributed by atoms with E-state index in [2.05, 4.69) is 12.2 Å². The van der Waals surface area contributed by atoms with Crippen molar-refractivity contribution in [3.05, 3.63) is 34.6 Å². The SMILES string of the molecule is CCCCCCCCCC(NC)c1cc(C)c(F)c(C)c1. The van der Waals surface area contributed by atoms with Crippen LogP contribution in [0.15, 0.2) is 12.1 Å². The van der Waals surface area contributed by atoms with Gasteiger partial charge in [0.15, 0.2) is 0 Å². The zero-order chi connectivity index (χ0) is 15.7. The van der Waals surface area contributed by atoms with E-state index in [-0.39, 0.29) is 5.82 Å². The zero-order valence-electron chi connectivity index (χ0n) is 14.3. The second-order valence-corrected chi connectivity index (χ2v) is 6.22. The average molecular weight is 293 g/mol. The van der Waals surface area contributed by atoms with Gasteiger partial charge in [0.1, 0.15) is 5.82 Å². The minimum Gasteiger partial charge on any atom is -0.313 e. The highest BCUT2D eigenvalue weighted by atomic mass is 19.1. The molecule has 0 saturated carbocycles. The molecule has 0 saturated heterocycles.